The number of carbonyl (C=O) groups is 3. The molecule has 0 aromatic heterocycles. The van der Waals surface area contributed by atoms with Crippen LogP contribution in [0.5, 0.6) is 0 Å². The van der Waals surface area contributed by atoms with Gasteiger partial charge >= 0.3 is 0 Å². The van der Waals surface area contributed by atoms with E-state index in [0.717, 1.165) is 18.9 Å². The van der Waals surface area contributed by atoms with Crippen LogP contribution < -0.4 is 10.6 Å². The molecule has 2 amide bonds. The molecule has 2 heterocycles. The molecule has 1 fully saturated rings. The number of ketones is 1. The molecule has 2 N–H and O–H groups in total. The summed E-state index contributed by atoms with van der Waals surface area (Å²) in [6.45, 7) is 1.92. The number of hydrogen-bond donors (Lipinski definition) is 2. The number of ether oxygens (including phenoxy) is 1. The second-order valence-electron chi connectivity index (χ2n) is 8.48. The molecule has 0 radical (unpaired) electrons. The smallest absolute Gasteiger partial charge is 0.270 e. The van der Waals surface area contributed by atoms with Crippen LogP contribution in [-0.2, 0) is 20.7 Å². The van der Waals surface area contributed by atoms with Crippen molar-refractivity contribution < 1.29 is 23.5 Å². The molecule has 0 bridgehead atoms. The van der Waals surface area contributed by atoms with Gasteiger partial charge in [-0.05, 0) is 54.7 Å². The SMILES string of the molecule is O=C(Nc1ccc(CC(=O)c2ccc(F)cc2Cl)cc1)C1=C(C(=O)NCC2CCOCC2)N=CC1. The Bertz CT molecular complexity index is 1190. The third-order valence-electron chi connectivity index (χ3n) is 5.99. The molecule has 0 unspecified atom stereocenters. The molecule has 35 heavy (non-hydrogen) atoms. The quantitative estimate of drug-likeness (QED) is 0.536. The lowest BCUT2D eigenvalue weighted by Crippen LogP contribution is -2.33. The monoisotopic (exact) mass is 497 g/mol. The topological polar surface area (TPSA) is 96.9 Å². The zero-order valence-corrected chi connectivity index (χ0v) is 19.7. The number of anilines is 1. The van der Waals surface area contributed by atoms with Crippen LogP contribution in [0.1, 0.15) is 35.2 Å². The van der Waals surface area contributed by atoms with Crippen LogP contribution in [0.25, 0.3) is 0 Å². The van der Waals surface area contributed by atoms with Gasteiger partial charge in [0.25, 0.3) is 11.8 Å². The van der Waals surface area contributed by atoms with E-state index in [-0.39, 0.29) is 40.8 Å². The first-order valence-corrected chi connectivity index (χ1v) is 11.8. The van der Waals surface area contributed by atoms with Crippen molar-refractivity contribution >= 4 is 41.1 Å². The Morgan fingerprint density at radius 3 is 2.51 bits per heavy atom. The summed E-state index contributed by atoms with van der Waals surface area (Å²) in [6.07, 6.45) is 3.70. The van der Waals surface area contributed by atoms with Crippen LogP contribution >= 0.6 is 11.6 Å². The van der Waals surface area contributed by atoms with E-state index in [1.807, 2.05) is 0 Å². The van der Waals surface area contributed by atoms with E-state index in [1.165, 1.54) is 12.1 Å². The minimum Gasteiger partial charge on any atom is -0.381 e. The largest absolute Gasteiger partial charge is 0.381 e. The van der Waals surface area contributed by atoms with E-state index in [1.54, 1.807) is 30.5 Å². The highest BCUT2D eigenvalue weighted by Gasteiger charge is 2.25. The molecule has 182 valence electrons. The molecular weight excluding hydrogens is 473 g/mol. The lowest BCUT2D eigenvalue weighted by molar-refractivity contribution is -0.118. The van der Waals surface area contributed by atoms with E-state index in [2.05, 4.69) is 15.6 Å². The summed E-state index contributed by atoms with van der Waals surface area (Å²) in [5.74, 6) is -1.14. The zero-order valence-electron chi connectivity index (χ0n) is 19.0. The summed E-state index contributed by atoms with van der Waals surface area (Å²) in [4.78, 5) is 42.0. The van der Waals surface area contributed by atoms with Crippen LogP contribution in [0.3, 0.4) is 0 Å². The highest BCUT2D eigenvalue weighted by molar-refractivity contribution is 6.34. The van der Waals surface area contributed by atoms with Gasteiger partial charge in [-0.1, -0.05) is 23.7 Å². The van der Waals surface area contributed by atoms with E-state index >= 15 is 0 Å². The lowest BCUT2D eigenvalue weighted by Gasteiger charge is -2.22. The number of amides is 2. The normalized spacial score (nSPS) is 15.8. The highest BCUT2D eigenvalue weighted by Crippen LogP contribution is 2.22. The molecule has 2 aliphatic heterocycles. The average molecular weight is 498 g/mol. The fourth-order valence-electron chi connectivity index (χ4n) is 3.98. The van der Waals surface area contributed by atoms with Gasteiger partial charge in [-0.3, -0.25) is 19.4 Å². The molecule has 7 nitrogen and oxygen atoms in total. The second-order valence-corrected chi connectivity index (χ2v) is 8.89. The molecule has 4 rings (SSSR count). The third-order valence-corrected chi connectivity index (χ3v) is 6.30. The van der Waals surface area contributed by atoms with E-state index in [0.29, 0.717) is 42.5 Å². The van der Waals surface area contributed by atoms with Crippen LogP contribution in [0, 0.1) is 11.7 Å². The number of nitrogens with zero attached hydrogens (tertiary/aromatic N) is 1. The molecule has 2 aromatic carbocycles. The fourth-order valence-corrected chi connectivity index (χ4v) is 4.25. The Morgan fingerprint density at radius 2 is 1.80 bits per heavy atom. The summed E-state index contributed by atoms with van der Waals surface area (Å²) >= 11 is 5.97. The van der Waals surface area contributed by atoms with Crippen molar-refractivity contribution in [1.29, 1.82) is 0 Å². The Hall–Kier alpha value is -3.36. The number of nitrogens with one attached hydrogen (secondary N) is 2. The minimum absolute atomic E-state index is 0.0681. The summed E-state index contributed by atoms with van der Waals surface area (Å²) in [6, 6.07) is 10.4. The van der Waals surface area contributed by atoms with E-state index in [9.17, 15) is 18.8 Å². The van der Waals surface area contributed by atoms with Crippen molar-refractivity contribution in [1.82, 2.24) is 5.32 Å². The summed E-state index contributed by atoms with van der Waals surface area (Å²) in [5.41, 5.74) is 1.92. The number of rotatable bonds is 8. The molecule has 1 saturated heterocycles. The van der Waals surface area contributed by atoms with Crippen molar-refractivity contribution in [2.45, 2.75) is 25.7 Å². The first kappa shape index (κ1) is 24.8. The zero-order chi connectivity index (χ0) is 24.8. The highest BCUT2D eigenvalue weighted by atomic mass is 35.5. The lowest BCUT2D eigenvalue weighted by atomic mass is 10.0. The standard InChI is InChI=1S/C26H25ClFN3O4/c27-22-14-18(28)3-6-20(22)23(32)13-16-1-4-19(5-2-16)31-25(33)21-7-10-29-24(21)26(34)30-15-17-8-11-35-12-9-17/h1-6,10,14,17H,7-9,11-13,15H2,(H,30,34)(H,31,33). The van der Waals surface area contributed by atoms with Gasteiger partial charge < -0.3 is 15.4 Å². The first-order chi connectivity index (χ1) is 16.9. The van der Waals surface area contributed by atoms with Crippen molar-refractivity contribution in [3.05, 3.63) is 75.7 Å². The van der Waals surface area contributed by atoms with Gasteiger partial charge in [-0.25, -0.2) is 4.39 Å². The van der Waals surface area contributed by atoms with Crippen LogP contribution in [0.2, 0.25) is 5.02 Å². The number of carbonyl (C=O) groups excluding carboxylic acids is 3. The van der Waals surface area contributed by atoms with Crippen LogP contribution in [-0.4, -0.2) is 43.6 Å². The maximum Gasteiger partial charge on any atom is 0.270 e. The maximum absolute atomic E-state index is 13.2. The molecule has 0 aliphatic carbocycles. The fraction of sp³-hybridized carbons (Fsp3) is 0.308. The number of benzene rings is 2. The average Bonchev–Trinajstić information content (AvgIpc) is 3.35. The van der Waals surface area contributed by atoms with Crippen molar-refractivity contribution in [3.63, 3.8) is 0 Å². The van der Waals surface area contributed by atoms with Crippen LogP contribution in [0.15, 0.2) is 58.7 Å². The van der Waals surface area contributed by atoms with Gasteiger partial charge in [0.1, 0.15) is 11.5 Å². The number of hydrogen-bond acceptors (Lipinski definition) is 5. The van der Waals surface area contributed by atoms with E-state index < -0.39 is 11.7 Å². The van der Waals surface area contributed by atoms with Crippen molar-refractivity contribution in [2.24, 2.45) is 10.9 Å². The Balaban J connectivity index is 1.34. The summed E-state index contributed by atoms with van der Waals surface area (Å²) < 4.78 is 18.5. The van der Waals surface area contributed by atoms with Gasteiger partial charge in [0, 0.05) is 50.1 Å². The first-order valence-electron chi connectivity index (χ1n) is 11.4. The summed E-state index contributed by atoms with van der Waals surface area (Å²) in [5, 5.41) is 5.73. The number of halogens is 2. The summed E-state index contributed by atoms with van der Waals surface area (Å²) in [7, 11) is 0. The Morgan fingerprint density at radius 1 is 1.06 bits per heavy atom. The van der Waals surface area contributed by atoms with Gasteiger partial charge in [0.2, 0.25) is 0 Å². The van der Waals surface area contributed by atoms with Gasteiger partial charge in [0.15, 0.2) is 5.78 Å². The molecule has 0 saturated carbocycles. The maximum atomic E-state index is 13.2. The van der Waals surface area contributed by atoms with Crippen molar-refractivity contribution in [2.75, 3.05) is 25.1 Å². The molecule has 2 aromatic rings. The Labute approximate surface area is 207 Å². The second kappa shape index (κ2) is 11.4. The molecule has 2 aliphatic rings. The van der Waals surface area contributed by atoms with E-state index in [4.69, 9.17) is 16.3 Å². The molecule has 0 atom stereocenters. The molecule has 9 heteroatoms. The van der Waals surface area contributed by atoms with Gasteiger partial charge in [-0.15, -0.1) is 0 Å². The van der Waals surface area contributed by atoms with Crippen molar-refractivity contribution in [3.8, 4) is 0 Å². The predicted octanol–water partition coefficient (Wildman–Crippen LogP) is 4.11. The number of Topliss-reactive ketones (excluding diaryl/α,β-unsaturated/α-hetero) is 1. The Kier molecular flexibility index (Phi) is 8.05. The van der Waals surface area contributed by atoms with Gasteiger partial charge in [-0.2, -0.15) is 0 Å². The minimum atomic E-state index is -0.505. The third kappa shape index (κ3) is 6.41. The molecule has 0 spiro atoms. The van der Waals surface area contributed by atoms with Crippen LogP contribution in [0.4, 0.5) is 10.1 Å². The predicted molar refractivity (Wildman–Crippen MR) is 131 cm³/mol. The molecular formula is C26H25ClFN3O4. The number of aliphatic imine (C=N–C) groups is 1. The van der Waals surface area contributed by atoms with Gasteiger partial charge in [0.05, 0.1) is 10.6 Å².